The van der Waals surface area contributed by atoms with E-state index >= 15 is 4.79 Å². The summed E-state index contributed by atoms with van der Waals surface area (Å²) in [7, 11) is 4.50. The average molecular weight is 1200 g/mol. The monoisotopic (exact) mass is 1200 g/mol. The van der Waals surface area contributed by atoms with Crippen molar-refractivity contribution in [2.24, 2.45) is 52.3 Å². The van der Waals surface area contributed by atoms with Gasteiger partial charge in [-0.15, -0.1) is 0 Å². The number of hydrogen-bond acceptors (Lipinski definition) is 23. The van der Waals surface area contributed by atoms with Gasteiger partial charge in [0.05, 0.1) is 48.8 Å². The Bertz CT molecular complexity index is 2300. The second-order valence-corrected chi connectivity index (χ2v) is 25.1. The summed E-state index contributed by atoms with van der Waals surface area (Å²) < 4.78 is 93.7. The number of esters is 5. The van der Waals surface area contributed by atoms with E-state index in [0.29, 0.717) is 12.1 Å². The zero-order valence-electron chi connectivity index (χ0n) is 52.3. The van der Waals surface area contributed by atoms with E-state index in [1.807, 2.05) is 48.5 Å². The average Bonchev–Trinajstić information content (AvgIpc) is 1.90. The molecule has 4 aliphatic heterocycles. The Kier molecular flexibility index (Phi) is 24.4. The van der Waals surface area contributed by atoms with Crippen molar-refractivity contribution < 1.29 is 105 Å². The molecular formula is C59H94ClNO22. The molecule has 24 heteroatoms. The van der Waals surface area contributed by atoms with Crippen LogP contribution in [0.15, 0.2) is 4.99 Å². The molecule has 0 spiro atoms. The van der Waals surface area contributed by atoms with Crippen molar-refractivity contribution in [2.75, 3.05) is 27.9 Å². The fraction of sp³-hybridized carbons (Fsp3) is 0.864. The van der Waals surface area contributed by atoms with E-state index in [0.717, 1.165) is 0 Å². The molecule has 23 nitrogen and oxygen atoms in total. The highest BCUT2D eigenvalue weighted by molar-refractivity contribution is 6.25. The minimum atomic E-state index is -2.04. The quantitative estimate of drug-likeness (QED) is 0.0769. The Labute approximate surface area is 494 Å². The first-order valence-electron chi connectivity index (χ1n) is 29.1. The molecule has 0 aromatic rings. The lowest BCUT2D eigenvalue weighted by atomic mass is 9.68. The summed E-state index contributed by atoms with van der Waals surface area (Å²) in [5.74, 6) is -9.04. The van der Waals surface area contributed by atoms with Gasteiger partial charge >= 0.3 is 36.0 Å². The molecule has 5 rings (SSSR count). The van der Waals surface area contributed by atoms with Crippen molar-refractivity contribution >= 4 is 59.1 Å². The molecule has 4 saturated heterocycles. The van der Waals surface area contributed by atoms with Gasteiger partial charge in [-0.2, -0.15) is 0 Å². The number of ether oxygens (including phenoxy) is 15. The fourth-order valence-electron chi connectivity index (χ4n) is 13.2. The highest BCUT2D eigenvalue weighted by Crippen LogP contribution is 2.53. The van der Waals surface area contributed by atoms with Gasteiger partial charge < -0.3 is 71.1 Å². The lowest BCUT2D eigenvalue weighted by molar-refractivity contribution is -0.306. The van der Waals surface area contributed by atoms with E-state index in [-0.39, 0.29) is 44.0 Å². The topological polar surface area (TPSA) is 270 Å². The van der Waals surface area contributed by atoms with Gasteiger partial charge in [0.25, 0.3) is 0 Å². The SMILES string of the molecule is C/N=C1\C[C@@H](C)O[C@@H](O[C@@H]2[C@@H](C)[C@H](O[C@H]3C[C@@](C)(OC(C)=O)[C@@H](OC(C)=O)[C@H](C)O3)[C@@H](C)C(=O)C[C@H]([C@@H](C)CO[C@@H]3O[C@H](C)[C@@H](OC(C)=O)[C@@H](OC)[C@H]3OC)[C@H](C)[C@@H](OC(=O)CC(C)C)[C@@H](C)[C@@]3(Cl)OC(=O)O[C@@]3(C)C[C@@H]2C)[C@@H]1OC(C)=O. The van der Waals surface area contributed by atoms with E-state index < -0.39 is 180 Å². The lowest BCUT2D eigenvalue weighted by Gasteiger charge is -2.49. The van der Waals surface area contributed by atoms with Crippen LogP contribution in [0, 0.1) is 47.3 Å². The highest BCUT2D eigenvalue weighted by Gasteiger charge is 2.66. The third kappa shape index (κ3) is 16.5. The van der Waals surface area contributed by atoms with E-state index in [1.54, 1.807) is 48.6 Å². The fourth-order valence-corrected chi connectivity index (χ4v) is 13.5. The Morgan fingerprint density at radius 2 is 1.30 bits per heavy atom. The number of alkyl halides is 1. The van der Waals surface area contributed by atoms with Gasteiger partial charge in [0.1, 0.15) is 24.1 Å². The van der Waals surface area contributed by atoms with Gasteiger partial charge in [0.2, 0.25) is 11.4 Å². The number of hydrogen-bond donors (Lipinski definition) is 0. The molecule has 4 heterocycles. The van der Waals surface area contributed by atoms with Crippen molar-refractivity contribution in [1.82, 2.24) is 0 Å². The van der Waals surface area contributed by atoms with Crippen molar-refractivity contribution in [3.8, 4) is 0 Å². The smallest absolute Gasteiger partial charge is 0.462 e. The molecule has 83 heavy (non-hydrogen) atoms. The van der Waals surface area contributed by atoms with Gasteiger partial charge in [-0.25, -0.2) is 4.79 Å². The van der Waals surface area contributed by atoms with Crippen molar-refractivity contribution in [3.63, 3.8) is 0 Å². The van der Waals surface area contributed by atoms with E-state index in [1.165, 1.54) is 41.9 Å². The molecule has 474 valence electrons. The summed E-state index contributed by atoms with van der Waals surface area (Å²) in [6.45, 7) is 28.0. The minimum absolute atomic E-state index is 0.0241. The van der Waals surface area contributed by atoms with E-state index in [4.69, 9.17) is 82.7 Å². The summed E-state index contributed by atoms with van der Waals surface area (Å²) in [5.41, 5.74) is -2.68. The highest BCUT2D eigenvalue weighted by atomic mass is 35.5. The molecule has 1 aliphatic carbocycles. The number of rotatable bonds is 17. The molecule has 0 aromatic carbocycles. The normalized spacial score (nSPS) is 41.8. The number of methoxy groups -OCH3 is 2. The molecule has 24 atom stereocenters. The van der Waals surface area contributed by atoms with Crippen LogP contribution in [0.3, 0.4) is 0 Å². The summed E-state index contributed by atoms with van der Waals surface area (Å²) in [5, 5.41) is -2.04. The van der Waals surface area contributed by atoms with Crippen LogP contribution in [0.2, 0.25) is 0 Å². The number of aliphatic imine (C=N–C) groups is 1. The van der Waals surface area contributed by atoms with Crippen molar-refractivity contribution in [2.45, 2.75) is 252 Å². The number of carbonyl (C=O) groups is 7. The van der Waals surface area contributed by atoms with Crippen molar-refractivity contribution in [3.05, 3.63) is 0 Å². The number of fused-ring (bicyclic) bond motifs is 1. The molecule has 0 aromatic heterocycles. The van der Waals surface area contributed by atoms with Crippen LogP contribution in [0.1, 0.15) is 150 Å². The van der Waals surface area contributed by atoms with Crippen molar-refractivity contribution in [1.29, 1.82) is 0 Å². The number of nitrogens with zero attached hydrogens (tertiary/aromatic N) is 1. The number of halogens is 1. The van der Waals surface area contributed by atoms with E-state index in [9.17, 15) is 28.8 Å². The maximum Gasteiger partial charge on any atom is 0.510 e. The number of Topliss-reactive ketones (excluding diaryl/α,β-unsaturated/α-hetero) is 1. The van der Waals surface area contributed by atoms with Gasteiger partial charge in [-0.1, -0.05) is 67.0 Å². The Balaban J connectivity index is 1.73. The lowest BCUT2D eigenvalue weighted by Crippen LogP contribution is -2.60. The summed E-state index contributed by atoms with van der Waals surface area (Å²) in [4.78, 5) is 98.5. The molecule has 0 unspecified atom stereocenters. The summed E-state index contributed by atoms with van der Waals surface area (Å²) >= 11 is 7.82. The predicted octanol–water partition coefficient (Wildman–Crippen LogP) is 7.62. The Morgan fingerprint density at radius 3 is 1.87 bits per heavy atom. The zero-order chi connectivity index (χ0) is 62.4. The second kappa shape index (κ2) is 29.1. The third-order valence-electron chi connectivity index (χ3n) is 17.2. The van der Waals surface area contributed by atoms with Gasteiger partial charge in [-0.05, 0) is 70.6 Å². The van der Waals surface area contributed by atoms with Crippen LogP contribution < -0.4 is 0 Å². The first kappa shape index (κ1) is 69.7. The standard InChI is InChI=1S/C59H94ClNO22/c1-27(2)21-44(67)78-48-31(6)41(29(4)26-71-54-52(70-20)51(69-19)49(35(10)74-54)75-37(12)62)23-43(66)32(7)47(79-45-25-57(16,81-40(15)65)53(36(11)73-45)77-39(14)64)33(8)46(28(3)24-58(17)59(60,34(48)9)83-56(68)82-58)80-55-50(76-38(13)63)42(61-18)22-30(5)72-55/h27-36,41,45-55H,21-26H2,1-20H3/b61-42+/t28-,29-,30+,31-,32-,33+,34+,35+,36-,41+,45-,46-,47+,48+,49+,50+,51+,52+,53-,54+,55-,57+,58-,59+/m0/s1. The van der Waals surface area contributed by atoms with Crippen LogP contribution in [0.5, 0.6) is 0 Å². The zero-order valence-corrected chi connectivity index (χ0v) is 53.0. The van der Waals surface area contributed by atoms with Gasteiger partial charge in [0, 0.05) is 86.5 Å². The van der Waals surface area contributed by atoms with Gasteiger partial charge in [0.15, 0.2) is 42.1 Å². The molecule has 0 amide bonds. The first-order chi connectivity index (χ1) is 38.6. The van der Waals surface area contributed by atoms with Crippen LogP contribution in [-0.4, -0.2) is 178 Å². The predicted molar refractivity (Wildman–Crippen MR) is 296 cm³/mol. The maximum absolute atomic E-state index is 15.8. The second-order valence-electron chi connectivity index (χ2n) is 24.6. The molecule has 0 radical (unpaired) electrons. The largest absolute Gasteiger partial charge is 0.510 e. The van der Waals surface area contributed by atoms with Crippen LogP contribution >= 0.6 is 11.6 Å². The van der Waals surface area contributed by atoms with E-state index in [2.05, 4.69) is 4.99 Å². The molecule has 0 N–H and O–H groups in total. The first-order valence-corrected chi connectivity index (χ1v) is 29.5. The summed E-state index contributed by atoms with van der Waals surface area (Å²) in [6, 6.07) is 0. The molecule has 1 saturated carbocycles. The Morgan fingerprint density at radius 1 is 0.675 bits per heavy atom. The van der Waals surface area contributed by atoms with Crippen LogP contribution in [0.4, 0.5) is 4.79 Å². The molecule has 5 fully saturated rings. The molecule has 0 bridgehead atoms. The third-order valence-corrected chi connectivity index (χ3v) is 18.0. The maximum atomic E-state index is 15.8. The summed E-state index contributed by atoms with van der Waals surface area (Å²) in [6.07, 6.45) is -14.7. The molecule has 5 aliphatic rings. The minimum Gasteiger partial charge on any atom is -0.462 e. The Hall–Kier alpha value is -4.07. The van der Waals surface area contributed by atoms with Crippen LogP contribution in [0.25, 0.3) is 0 Å². The molecular weight excluding hydrogens is 1110 g/mol. The number of carbonyl (C=O) groups excluding carboxylic acids is 7. The number of ketones is 1. The van der Waals surface area contributed by atoms with Crippen LogP contribution in [-0.2, 0) is 99.8 Å². The van der Waals surface area contributed by atoms with Gasteiger partial charge in [-0.3, -0.25) is 33.8 Å².